The third kappa shape index (κ3) is 9.68. The molecule has 0 fully saturated rings. The minimum absolute atomic E-state index is 0.0514. The van der Waals surface area contributed by atoms with E-state index in [1.807, 2.05) is 30.3 Å². The summed E-state index contributed by atoms with van der Waals surface area (Å²) < 4.78 is 10.7. The van der Waals surface area contributed by atoms with Crippen molar-refractivity contribution in [2.24, 2.45) is 10.5 Å². The molecule has 0 amide bonds. The average molecular weight is 359 g/mol. The number of aliphatic hydroxyl groups is 1. The van der Waals surface area contributed by atoms with Crippen molar-refractivity contribution in [2.75, 3.05) is 26.1 Å². The number of hydrogen-bond donors (Lipinski definition) is 3. The van der Waals surface area contributed by atoms with E-state index >= 15 is 0 Å². The van der Waals surface area contributed by atoms with Crippen LogP contribution in [-0.4, -0.2) is 50.5 Å². The second-order valence-corrected chi connectivity index (χ2v) is 7.29. The Labute approximate surface area is 156 Å². The summed E-state index contributed by atoms with van der Waals surface area (Å²) in [4.78, 5) is 2.76. The van der Waals surface area contributed by atoms with E-state index in [0.717, 1.165) is 32.1 Å². The molecule has 0 aliphatic heterocycles. The number of rotatable bonds is 14. The SMILES string of the molecule is CC(C)(CCCN=[N+]=[N-])CNCC(O)C(Cc1ccccc1)NCB=O. The van der Waals surface area contributed by atoms with Gasteiger partial charge in [-0.25, -0.2) is 0 Å². The standard InChI is InChI=1S/C18H30BN5O2/c1-18(2,9-6-10-23-24-20)13-21-12-17(25)16(22-14-19-26)11-15-7-4-3-5-8-15/h3-5,7-8,16-17,21-22,25H,6,9-14H2,1-2H3. The maximum atomic E-state index is 10.7. The van der Waals surface area contributed by atoms with Gasteiger partial charge in [-0.1, -0.05) is 0 Å². The van der Waals surface area contributed by atoms with Crippen molar-refractivity contribution in [3.05, 3.63) is 46.3 Å². The summed E-state index contributed by atoms with van der Waals surface area (Å²) in [5.74, 6) is 0. The molecule has 0 radical (unpaired) electrons. The molecule has 0 spiro atoms. The number of aliphatic hydroxyl groups excluding tert-OH is 1. The third-order valence-corrected chi connectivity index (χ3v) is 4.36. The first-order valence-corrected chi connectivity index (χ1v) is 9.09. The van der Waals surface area contributed by atoms with Crippen molar-refractivity contribution in [1.29, 1.82) is 0 Å². The van der Waals surface area contributed by atoms with Gasteiger partial charge in [0.05, 0.1) is 0 Å². The first kappa shape index (κ1) is 22.3. The zero-order chi connectivity index (χ0) is 19.3. The Balaban J connectivity index is 2.45. The molecule has 0 bridgehead atoms. The number of benzene rings is 1. The fourth-order valence-electron chi connectivity index (χ4n) is 2.87. The molecule has 1 rings (SSSR count). The maximum absolute atomic E-state index is 10.7. The van der Waals surface area contributed by atoms with Crippen molar-refractivity contribution >= 4 is 7.15 Å². The van der Waals surface area contributed by atoms with Gasteiger partial charge in [0, 0.05) is 4.91 Å². The molecule has 2 atom stereocenters. The van der Waals surface area contributed by atoms with E-state index in [4.69, 9.17) is 5.53 Å². The molecule has 1 aromatic carbocycles. The zero-order valence-electron chi connectivity index (χ0n) is 15.8. The van der Waals surface area contributed by atoms with Crippen molar-refractivity contribution in [3.63, 3.8) is 0 Å². The normalized spacial score (nSPS) is 13.5. The molecule has 0 saturated carbocycles. The summed E-state index contributed by atoms with van der Waals surface area (Å²) in [5.41, 5.74) is 9.48. The predicted molar refractivity (Wildman–Crippen MR) is 104 cm³/mol. The third-order valence-electron chi connectivity index (χ3n) is 4.36. The molecule has 142 valence electrons. The summed E-state index contributed by atoms with van der Waals surface area (Å²) in [6, 6.07) is 9.73. The molecule has 3 N–H and O–H groups in total. The Morgan fingerprint density at radius 2 is 2.08 bits per heavy atom. The fourth-order valence-corrected chi connectivity index (χ4v) is 2.87. The number of azide groups is 1. The van der Waals surface area contributed by atoms with Gasteiger partial charge in [0.1, 0.15) is 0 Å². The number of hydrogen-bond acceptors (Lipinski definition) is 5. The molecular weight excluding hydrogens is 329 g/mol. The van der Waals surface area contributed by atoms with Crippen LogP contribution >= 0.6 is 0 Å². The molecule has 2 unspecified atom stereocenters. The van der Waals surface area contributed by atoms with Crippen LogP contribution in [0.2, 0.25) is 0 Å². The Morgan fingerprint density at radius 1 is 1.35 bits per heavy atom. The first-order valence-electron chi connectivity index (χ1n) is 9.09. The molecule has 1 aromatic rings. The van der Waals surface area contributed by atoms with Gasteiger partial charge in [-0.15, -0.1) is 0 Å². The van der Waals surface area contributed by atoms with Crippen LogP contribution in [0.15, 0.2) is 35.4 Å². The van der Waals surface area contributed by atoms with Crippen molar-refractivity contribution < 1.29 is 9.81 Å². The van der Waals surface area contributed by atoms with Gasteiger partial charge in [0.25, 0.3) is 0 Å². The van der Waals surface area contributed by atoms with E-state index < -0.39 is 6.10 Å². The topological polar surface area (TPSA) is 110 Å². The molecule has 0 heterocycles. The van der Waals surface area contributed by atoms with Crippen LogP contribution in [0.3, 0.4) is 0 Å². The molecule has 0 aliphatic carbocycles. The van der Waals surface area contributed by atoms with Crippen LogP contribution in [0.4, 0.5) is 0 Å². The second-order valence-electron chi connectivity index (χ2n) is 7.29. The van der Waals surface area contributed by atoms with E-state index in [1.54, 1.807) is 0 Å². The van der Waals surface area contributed by atoms with Gasteiger partial charge in [-0.05, 0) is 5.53 Å². The first-order chi connectivity index (χ1) is 12.5. The van der Waals surface area contributed by atoms with Gasteiger partial charge < -0.3 is 0 Å². The fraction of sp³-hybridized carbons (Fsp3) is 0.667. The van der Waals surface area contributed by atoms with E-state index in [0.29, 0.717) is 19.5 Å². The molecule has 0 aromatic heterocycles. The van der Waals surface area contributed by atoms with E-state index in [9.17, 15) is 9.81 Å². The Morgan fingerprint density at radius 3 is 2.73 bits per heavy atom. The van der Waals surface area contributed by atoms with Gasteiger partial charge in [-0.2, -0.15) is 0 Å². The van der Waals surface area contributed by atoms with Crippen molar-refractivity contribution in [2.45, 2.75) is 45.3 Å². The molecule has 0 saturated heterocycles. The quantitative estimate of drug-likeness (QED) is 0.156. The molecule has 8 heteroatoms. The van der Waals surface area contributed by atoms with Gasteiger partial charge >= 0.3 is 145 Å². The van der Waals surface area contributed by atoms with Crippen LogP contribution in [-0.2, 0) is 11.1 Å². The van der Waals surface area contributed by atoms with Crippen molar-refractivity contribution in [1.82, 2.24) is 10.6 Å². The van der Waals surface area contributed by atoms with Crippen LogP contribution in [0.1, 0.15) is 32.3 Å². The Hall–Kier alpha value is -1.73. The van der Waals surface area contributed by atoms with Gasteiger partial charge in [0.15, 0.2) is 0 Å². The molecule has 26 heavy (non-hydrogen) atoms. The summed E-state index contributed by atoms with van der Waals surface area (Å²) in [6.45, 7) is 6.01. The Kier molecular flexibility index (Phi) is 10.8. The van der Waals surface area contributed by atoms with Crippen LogP contribution < -0.4 is 10.6 Å². The monoisotopic (exact) mass is 359 g/mol. The Bertz CT molecular complexity index is 564. The van der Waals surface area contributed by atoms with Crippen molar-refractivity contribution in [3.8, 4) is 0 Å². The van der Waals surface area contributed by atoms with E-state index in [2.05, 4.69) is 34.5 Å². The van der Waals surface area contributed by atoms with Gasteiger partial charge in [-0.3, -0.25) is 0 Å². The van der Waals surface area contributed by atoms with Gasteiger partial charge in [0.2, 0.25) is 0 Å². The summed E-state index contributed by atoms with van der Waals surface area (Å²) in [7, 11) is 0.810. The number of nitrogens with zero attached hydrogens (tertiary/aromatic N) is 3. The van der Waals surface area contributed by atoms with E-state index in [-0.39, 0.29) is 17.9 Å². The van der Waals surface area contributed by atoms with E-state index in [1.165, 1.54) is 0 Å². The minimum atomic E-state index is -0.603. The molecule has 7 nitrogen and oxygen atoms in total. The second kappa shape index (κ2) is 12.6. The predicted octanol–water partition coefficient (Wildman–Crippen LogP) is 2.26. The van der Waals surface area contributed by atoms with Crippen LogP contribution in [0.25, 0.3) is 10.4 Å². The van der Waals surface area contributed by atoms with Crippen LogP contribution in [0, 0.1) is 5.41 Å². The molecular formula is C18H30BN5O2. The summed E-state index contributed by atoms with van der Waals surface area (Å²) >= 11 is 0. The average Bonchev–Trinajstić information content (AvgIpc) is 2.63. The molecule has 0 aliphatic rings. The number of nitrogens with one attached hydrogen (secondary N) is 2. The van der Waals surface area contributed by atoms with Crippen LogP contribution in [0.5, 0.6) is 0 Å². The zero-order valence-corrected chi connectivity index (χ0v) is 15.8. The summed E-state index contributed by atoms with van der Waals surface area (Å²) in [5, 5.41) is 20.5. The summed E-state index contributed by atoms with van der Waals surface area (Å²) in [6.07, 6.45) is 2.06.